The van der Waals surface area contributed by atoms with Crippen LogP contribution in [0.1, 0.15) is 10.4 Å². The van der Waals surface area contributed by atoms with E-state index in [1.54, 1.807) is 24.3 Å². The van der Waals surface area contributed by atoms with Crippen molar-refractivity contribution in [3.8, 4) is 5.82 Å². The maximum atomic E-state index is 14.7. The molecule has 0 radical (unpaired) electrons. The molecule has 5 rings (SSSR count). The molecule has 2 aromatic carbocycles. The molecule has 1 aliphatic rings. The van der Waals surface area contributed by atoms with Crippen molar-refractivity contribution in [1.82, 2.24) is 19.9 Å². The SMILES string of the molecule is O=C(O)c1cn(-c2nc(Nc3cccc(N4CCNCC4)c3)ncc2F)c2ccccc12. The molecule has 3 heterocycles. The fourth-order valence-electron chi connectivity index (χ4n) is 3.95. The van der Waals surface area contributed by atoms with Gasteiger partial charge in [-0.15, -0.1) is 0 Å². The molecular formula is C23H21FN6O2. The number of halogens is 1. The van der Waals surface area contributed by atoms with Crippen LogP contribution < -0.4 is 15.5 Å². The number of para-hydroxylation sites is 1. The second kappa shape index (κ2) is 8.27. The number of nitrogens with zero attached hydrogens (tertiary/aromatic N) is 4. The smallest absolute Gasteiger partial charge is 0.337 e. The molecule has 0 unspecified atom stereocenters. The van der Waals surface area contributed by atoms with Crippen LogP contribution in [0.3, 0.4) is 0 Å². The van der Waals surface area contributed by atoms with Crippen molar-refractivity contribution in [2.45, 2.75) is 0 Å². The lowest BCUT2D eigenvalue weighted by Crippen LogP contribution is -2.43. The Morgan fingerprint density at radius 3 is 2.75 bits per heavy atom. The molecule has 0 saturated carbocycles. The molecule has 4 aromatic rings. The fourth-order valence-corrected chi connectivity index (χ4v) is 3.95. The van der Waals surface area contributed by atoms with Crippen molar-refractivity contribution in [2.75, 3.05) is 36.4 Å². The van der Waals surface area contributed by atoms with Crippen LogP contribution in [0.25, 0.3) is 16.7 Å². The van der Waals surface area contributed by atoms with Gasteiger partial charge in [0.2, 0.25) is 5.95 Å². The van der Waals surface area contributed by atoms with Gasteiger partial charge in [-0.2, -0.15) is 4.98 Å². The van der Waals surface area contributed by atoms with E-state index in [2.05, 4.69) is 25.5 Å². The lowest BCUT2D eigenvalue weighted by Gasteiger charge is -2.29. The highest BCUT2D eigenvalue weighted by Gasteiger charge is 2.18. The number of fused-ring (bicyclic) bond motifs is 1. The largest absolute Gasteiger partial charge is 0.478 e. The quantitative estimate of drug-likeness (QED) is 0.445. The minimum absolute atomic E-state index is 0.0236. The zero-order valence-corrected chi connectivity index (χ0v) is 17.1. The normalized spacial score (nSPS) is 14.0. The number of piperazine rings is 1. The Bertz CT molecular complexity index is 1300. The molecular weight excluding hydrogens is 411 g/mol. The zero-order chi connectivity index (χ0) is 22.1. The standard InChI is InChI=1S/C23H21FN6O2/c24-19-13-26-23(27-15-4-3-5-16(12-15)29-10-8-25-9-11-29)28-21(19)30-14-18(22(31)32)17-6-1-2-7-20(17)30/h1-7,12-14,25H,8-11H2,(H,31,32)(H,26,27,28). The molecule has 1 fully saturated rings. The number of carboxylic acids is 1. The van der Waals surface area contributed by atoms with E-state index in [0.29, 0.717) is 10.9 Å². The van der Waals surface area contributed by atoms with Crippen LogP contribution in [0.5, 0.6) is 0 Å². The topological polar surface area (TPSA) is 95.3 Å². The molecule has 162 valence electrons. The first-order valence-corrected chi connectivity index (χ1v) is 10.3. The summed E-state index contributed by atoms with van der Waals surface area (Å²) in [5.74, 6) is -1.54. The number of anilines is 3. The zero-order valence-electron chi connectivity index (χ0n) is 17.1. The van der Waals surface area contributed by atoms with Gasteiger partial charge >= 0.3 is 5.97 Å². The van der Waals surface area contributed by atoms with Gasteiger partial charge in [0.05, 0.1) is 17.3 Å². The summed E-state index contributed by atoms with van der Waals surface area (Å²) in [7, 11) is 0. The van der Waals surface area contributed by atoms with Gasteiger partial charge in [0.1, 0.15) is 0 Å². The van der Waals surface area contributed by atoms with Gasteiger partial charge in [0.25, 0.3) is 0 Å². The molecule has 1 saturated heterocycles. The molecule has 0 atom stereocenters. The highest BCUT2D eigenvalue weighted by atomic mass is 19.1. The average molecular weight is 432 g/mol. The van der Waals surface area contributed by atoms with Gasteiger partial charge in [-0.25, -0.2) is 14.2 Å². The highest BCUT2D eigenvalue weighted by molar-refractivity contribution is 6.04. The third-order valence-corrected chi connectivity index (χ3v) is 5.48. The first kappa shape index (κ1) is 20.0. The van der Waals surface area contributed by atoms with E-state index in [4.69, 9.17) is 0 Å². The molecule has 2 aromatic heterocycles. The van der Waals surface area contributed by atoms with Crippen LogP contribution in [0, 0.1) is 5.82 Å². The summed E-state index contributed by atoms with van der Waals surface area (Å²) in [6.45, 7) is 3.72. The summed E-state index contributed by atoms with van der Waals surface area (Å²) < 4.78 is 16.1. The maximum absolute atomic E-state index is 14.7. The van der Waals surface area contributed by atoms with Gasteiger partial charge in [0, 0.05) is 49.1 Å². The third-order valence-electron chi connectivity index (χ3n) is 5.48. The number of carbonyl (C=O) groups is 1. The van der Waals surface area contributed by atoms with Gasteiger partial charge in [0.15, 0.2) is 11.6 Å². The monoisotopic (exact) mass is 432 g/mol. The van der Waals surface area contributed by atoms with E-state index in [1.165, 1.54) is 10.8 Å². The van der Waals surface area contributed by atoms with Crippen molar-refractivity contribution in [2.24, 2.45) is 0 Å². The summed E-state index contributed by atoms with van der Waals surface area (Å²) in [5.41, 5.74) is 2.49. The third kappa shape index (κ3) is 3.74. The summed E-state index contributed by atoms with van der Waals surface area (Å²) in [6, 6.07) is 14.8. The van der Waals surface area contributed by atoms with E-state index in [0.717, 1.165) is 43.8 Å². The first-order valence-electron chi connectivity index (χ1n) is 10.3. The predicted molar refractivity (Wildman–Crippen MR) is 121 cm³/mol. The molecule has 0 bridgehead atoms. The van der Waals surface area contributed by atoms with E-state index in [1.807, 2.05) is 24.3 Å². The van der Waals surface area contributed by atoms with Gasteiger partial charge in [-0.1, -0.05) is 24.3 Å². The van der Waals surface area contributed by atoms with E-state index >= 15 is 0 Å². The molecule has 32 heavy (non-hydrogen) atoms. The van der Waals surface area contributed by atoms with Gasteiger partial charge < -0.3 is 20.6 Å². The lowest BCUT2D eigenvalue weighted by molar-refractivity contribution is 0.0699. The molecule has 9 heteroatoms. The molecule has 0 amide bonds. The van der Waals surface area contributed by atoms with Crippen molar-refractivity contribution < 1.29 is 14.3 Å². The average Bonchev–Trinajstić information content (AvgIpc) is 3.21. The van der Waals surface area contributed by atoms with E-state index in [-0.39, 0.29) is 17.3 Å². The Balaban J connectivity index is 1.49. The second-order valence-corrected chi connectivity index (χ2v) is 7.51. The number of hydrogen-bond acceptors (Lipinski definition) is 6. The number of aromatic nitrogens is 3. The Kier molecular flexibility index (Phi) is 5.16. The molecule has 8 nitrogen and oxygen atoms in total. The Morgan fingerprint density at radius 2 is 1.94 bits per heavy atom. The van der Waals surface area contributed by atoms with Crippen LogP contribution in [-0.2, 0) is 0 Å². The number of rotatable bonds is 5. The summed E-state index contributed by atoms with van der Waals surface area (Å²) in [6.07, 6.45) is 2.47. The van der Waals surface area contributed by atoms with Crippen LogP contribution >= 0.6 is 0 Å². The first-order chi connectivity index (χ1) is 15.6. The van der Waals surface area contributed by atoms with E-state index < -0.39 is 11.8 Å². The van der Waals surface area contributed by atoms with Crippen molar-refractivity contribution in [1.29, 1.82) is 0 Å². The molecule has 3 N–H and O–H groups in total. The highest BCUT2D eigenvalue weighted by Crippen LogP contribution is 2.27. The Hall–Kier alpha value is -3.98. The summed E-state index contributed by atoms with van der Waals surface area (Å²) in [5, 5.41) is 16.5. The number of carboxylic acid groups (broad SMARTS) is 1. The van der Waals surface area contributed by atoms with Crippen LogP contribution in [0.4, 0.5) is 21.7 Å². The van der Waals surface area contributed by atoms with Crippen molar-refractivity contribution in [3.63, 3.8) is 0 Å². The van der Waals surface area contributed by atoms with Crippen molar-refractivity contribution in [3.05, 3.63) is 72.3 Å². The molecule has 0 aliphatic carbocycles. The van der Waals surface area contributed by atoms with Crippen molar-refractivity contribution >= 4 is 34.2 Å². The van der Waals surface area contributed by atoms with E-state index in [9.17, 15) is 14.3 Å². The Labute approximate surface area is 183 Å². The Morgan fingerprint density at radius 1 is 1.12 bits per heavy atom. The minimum atomic E-state index is -1.09. The van der Waals surface area contributed by atoms with Gasteiger partial charge in [-0.05, 0) is 24.3 Å². The number of nitrogens with one attached hydrogen (secondary N) is 2. The number of benzene rings is 2. The van der Waals surface area contributed by atoms with Crippen LogP contribution in [-0.4, -0.2) is 51.8 Å². The second-order valence-electron chi connectivity index (χ2n) is 7.51. The van der Waals surface area contributed by atoms with Crippen LogP contribution in [0.15, 0.2) is 60.9 Å². The minimum Gasteiger partial charge on any atom is -0.478 e. The summed E-state index contributed by atoms with van der Waals surface area (Å²) in [4.78, 5) is 22.4. The predicted octanol–water partition coefficient (Wildman–Crippen LogP) is 3.41. The maximum Gasteiger partial charge on any atom is 0.337 e. The lowest BCUT2D eigenvalue weighted by atomic mass is 10.2. The molecule has 1 aliphatic heterocycles. The number of aromatic carboxylic acids is 1. The van der Waals surface area contributed by atoms with Crippen LogP contribution in [0.2, 0.25) is 0 Å². The molecule has 0 spiro atoms. The van der Waals surface area contributed by atoms with Gasteiger partial charge in [-0.3, -0.25) is 4.57 Å². The fraction of sp³-hybridized carbons (Fsp3) is 0.174. The number of hydrogen-bond donors (Lipinski definition) is 3. The summed E-state index contributed by atoms with van der Waals surface area (Å²) >= 11 is 0.